The molecule has 0 aromatic rings. The highest BCUT2D eigenvalue weighted by molar-refractivity contribution is 5.82. The quantitative estimate of drug-likeness (QED) is 0.208. The molecular weight excluding hydrogens is 496 g/mol. The Labute approximate surface area is 236 Å². The number of hydrogen-bond donors (Lipinski definition) is 3. The van der Waals surface area contributed by atoms with Crippen LogP contribution < -0.4 is 10.6 Å². The molecule has 0 radical (unpaired) electrons. The normalized spacial score (nSPS) is 25.8. The summed E-state index contributed by atoms with van der Waals surface area (Å²) >= 11 is 0. The average Bonchev–Trinajstić information content (AvgIpc) is 2.87. The van der Waals surface area contributed by atoms with Gasteiger partial charge >= 0.3 is 5.97 Å². The Morgan fingerprint density at radius 3 is 2.21 bits per heavy atom. The molecule has 1 saturated heterocycles. The van der Waals surface area contributed by atoms with Gasteiger partial charge in [-0.2, -0.15) is 0 Å². The molecule has 3 N–H and O–H groups in total. The van der Waals surface area contributed by atoms with Crippen LogP contribution in [0.4, 0.5) is 0 Å². The van der Waals surface area contributed by atoms with Crippen molar-refractivity contribution in [1.82, 2.24) is 10.6 Å². The minimum Gasteiger partial charge on any atom is -0.481 e. The van der Waals surface area contributed by atoms with Crippen LogP contribution in [0.1, 0.15) is 125 Å². The SMILES string of the molecule is CCCCCCCCCCC(C)C(=O)NC1CCCCC1C(CNC(=O)C1OC(C)(C)OCC1(C)C)C(=O)O. The van der Waals surface area contributed by atoms with E-state index in [1.54, 1.807) is 13.8 Å². The largest absolute Gasteiger partial charge is 0.481 e. The van der Waals surface area contributed by atoms with Crippen molar-refractivity contribution in [2.45, 2.75) is 143 Å². The van der Waals surface area contributed by atoms with Crippen LogP contribution >= 0.6 is 0 Å². The van der Waals surface area contributed by atoms with Crippen molar-refractivity contribution < 1.29 is 29.0 Å². The number of carbonyl (C=O) groups is 3. The predicted molar refractivity (Wildman–Crippen MR) is 153 cm³/mol. The number of amides is 2. The summed E-state index contributed by atoms with van der Waals surface area (Å²) in [5.74, 6) is -3.23. The summed E-state index contributed by atoms with van der Waals surface area (Å²) in [4.78, 5) is 38.5. The predicted octanol–water partition coefficient (Wildman–Crippen LogP) is 5.82. The number of carboxylic acids is 1. The highest BCUT2D eigenvalue weighted by Crippen LogP contribution is 2.35. The van der Waals surface area contributed by atoms with Crippen LogP contribution in [-0.4, -0.2) is 54.0 Å². The third-order valence-electron chi connectivity index (χ3n) is 8.56. The maximum Gasteiger partial charge on any atom is 0.308 e. The standard InChI is InChI=1S/C31H56N2O6/c1-7-8-9-10-11-12-13-14-17-22(2)27(34)33-25-19-16-15-18-23(25)24(29(36)37)20-32-28(35)26-30(3,4)21-38-31(5,6)39-26/h22-26H,7-21H2,1-6H3,(H,32,35)(H,33,34)(H,36,37). The van der Waals surface area contributed by atoms with Gasteiger partial charge in [0, 0.05) is 23.9 Å². The highest BCUT2D eigenvalue weighted by Gasteiger charge is 2.46. The van der Waals surface area contributed by atoms with Crippen LogP contribution in [0.25, 0.3) is 0 Å². The van der Waals surface area contributed by atoms with E-state index in [0.29, 0.717) is 6.61 Å². The molecule has 1 aliphatic carbocycles. The van der Waals surface area contributed by atoms with Gasteiger partial charge in [-0.25, -0.2) is 0 Å². The molecule has 2 rings (SSSR count). The van der Waals surface area contributed by atoms with Crippen LogP contribution in [0, 0.1) is 23.2 Å². The first kappa shape index (κ1) is 33.5. The Balaban J connectivity index is 1.89. The zero-order chi connectivity index (χ0) is 29.1. The summed E-state index contributed by atoms with van der Waals surface area (Å²) < 4.78 is 11.6. The lowest BCUT2D eigenvalue weighted by molar-refractivity contribution is -0.304. The van der Waals surface area contributed by atoms with E-state index in [1.807, 2.05) is 20.8 Å². The van der Waals surface area contributed by atoms with E-state index in [4.69, 9.17) is 9.47 Å². The minimum absolute atomic E-state index is 0.0102. The lowest BCUT2D eigenvalue weighted by atomic mass is 9.76. The van der Waals surface area contributed by atoms with E-state index in [2.05, 4.69) is 17.6 Å². The topological polar surface area (TPSA) is 114 Å². The van der Waals surface area contributed by atoms with Gasteiger partial charge in [-0.05, 0) is 39.0 Å². The van der Waals surface area contributed by atoms with E-state index in [0.717, 1.165) is 44.9 Å². The zero-order valence-electron chi connectivity index (χ0n) is 25.5. The molecule has 1 heterocycles. The van der Waals surface area contributed by atoms with Crippen LogP contribution in [0.15, 0.2) is 0 Å². The van der Waals surface area contributed by atoms with Gasteiger partial charge in [-0.3, -0.25) is 14.4 Å². The molecule has 0 aromatic heterocycles. The number of ether oxygens (including phenoxy) is 2. The fourth-order valence-electron chi connectivity index (χ4n) is 5.91. The van der Waals surface area contributed by atoms with Crippen molar-refractivity contribution >= 4 is 17.8 Å². The van der Waals surface area contributed by atoms with Crippen LogP contribution in [-0.2, 0) is 23.9 Å². The van der Waals surface area contributed by atoms with Gasteiger partial charge in [0.25, 0.3) is 0 Å². The molecule has 0 spiro atoms. The Morgan fingerprint density at radius 1 is 0.949 bits per heavy atom. The van der Waals surface area contributed by atoms with Crippen molar-refractivity contribution in [2.75, 3.05) is 13.2 Å². The first-order chi connectivity index (χ1) is 18.4. The van der Waals surface area contributed by atoms with Crippen molar-refractivity contribution in [3.63, 3.8) is 0 Å². The lowest BCUT2D eigenvalue weighted by Gasteiger charge is -2.45. The fraction of sp³-hybridized carbons (Fsp3) is 0.903. The number of rotatable bonds is 16. The van der Waals surface area contributed by atoms with E-state index in [1.165, 1.54) is 38.5 Å². The molecule has 8 heteroatoms. The Bertz CT molecular complexity index is 783. The van der Waals surface area contributed by atoms with Gasteiger partial charge in [0.1, 0.15) is 6.10 Å². The molecule has 5 unspecified atom stereocenters. The van der Waals surface area contributed by atoms with E-state index < -0.39 is 29.2 Å². The highest BCUT2D eigenvalue weighted by atomic mass is 16.7. The first-order valence-corrected chi connectivity index (χ1v) is 15.5. The molecule has 8 nitrogen and oxygen atoms in total. The van der Waals surface area contributed by atoms with Gasteiger partial charge in [-0.1, -0.05) is 91.9 Å². The maximum absolute atomic E-state index is 13.1. The second kappa shape index (κ2) is 15.9. The summed E-state index contributed by atoms with van der Waals surface area (Å²) in [5, 5.41) is 16.2. The summed E-state index contributed by atoms with van der Waals surface area (Å²) in [6.07, 6.45) is 13.4. The Morgan fingerprint density at radius 2 is 1.56 bits per heavy atom. The molecule has 1 saturated carbocycles. The van der Waals surface area contributed by atoms with Crippen molar-refractivity contribution in [3.05, 3.63) is 0 Å². The first-order valence-electron chi connectivity index (χ1n) is 15.5. The molecule has 5 atom stereocenters. The second-order valence-electron chi connectivity index (χ2n) is 13.1. The van der Waals surface area contributed by atoms with Gasteiger partial charge < -0.3 is 25.2 Å². The van der Waals surface area contributed by atoms with Gasteiger partial charge in [-0.15, -0.1) is 0 Å². The van der Waals surface area contributed by atoms with Crippen LogP contribution in [0.2, 0.25) is 0 Å². The molecule has 39 heavy (non-hydrogen) atoms. The third kappa shape index (κ3) is 11.0. The van der Waals surface area contributed by atoms with Crippen LogP contribution in [0.5, 0.6) is 0 Å². The summed E-state index contributed by atoms with van der Waals surface area (Å²) in [7, 11) is 0. The van der Waals surface area contributed by atoms with E-state index in [-0.39, 0.29) is 36.2 Å². The van der Waals surface area contributed by atoms with Crippen LogP contribution in [0.3, 0.4) is 0 Å². The summed E-state index contributed by atoms with van der Waals surface area (Å²) in [6.45, 7) is 11.9. The van der Waals surface area contributed by atoms with Gasteiger partial charge in [0.2, 0.25) is 11.8 Å². The lowest BCUT2D eigenvalue weighted by Crippen LogP contribution is -2.57. The zero-order valence-corrected chi connectivity index (χ0v) is 25.5. The monoisotopic (exact) mass is 552 g/mol. The number of carboxylic acid groups (broad SMARTS) is 1. The smallest absolute Gasteiger partial charge is 0.308 e. The number of hydrogen-bond acceptors (Lipinski definition) is 5. The minimum atomic E-state index is -0.944. The van der Waals surface area contributed by atoms with Crippen molar-refractivity contribution in [1.29, 1.82) is 0 Å². The second-order valence-corrected chi connectivity index (χ2v) is 13.1. The molecule has 0 bridgehead atoms. The molecule has 2 amide bonds. The van der Waals surface area contributed by atoms with Gasteiger partial charge in [0.15, 0.2) is 5.79 Å². The fourth-order valence-corrected chi connectivity index (χ4v) is 5.91. The van der Waals surface area contributed by atoms with E-state index >= 15 is 0 Å². The molecule has 226 valence electrons. The molecule has 1 aliphatic heterocycles. The van der Waals surface area contributed by atoms with E-state index in [9.17, 15) is 19.5 Å². The van der Waals surface area contributed by atoms with Crippen molar-refractivity contribution in [3.8, 4) is 0 Å². The molecule has 0 aromatic carbocycles. The average molecular weight is 553 g/mol. The number of unbranched alkanes of at least 4 members (excludes halogenated alkanes) is 7. The molecular formula is C31H56N2O6. The Kier molecular flexibility index (Phi) is 13.7. The maximum atomic E-state index is 13.1. The Hall–Kier alpha value is -1.67. The third-order valence-corrected chi connectivity index (χ3v) is 8.56. The number of carbonyl (C=O) groups excluding carboxylic acids is 2. The number of aliphatic carboxylic acids is 1. The van der Waals surface area contributed by atoms with Crippen molar-refractivity contribution in [2.24, 2.45) is 23.2 Å². The summed E-state index contributed by atoms with van der Waals surface area (Å²) in [6, 6.07) is -0.194. The molecule has 2 fully saturated rings. The number of nitrogens with one attached hydrogen (secondary N) is 2. The van der Waals surface area contributed by atoms with Gasteiger partial charge in [0.05, 0.1) is 12.5 Å². The summed E-state index contributed by atoms with van der Waals surface area (Å²) in [5.41, 5.74) is -0.537. The molecule has 2 aliphatic rings.